The Morgan fingerprint density at radius 1 is 0.434 bits per heavy atom. The minimum Gasteiger partial charge on any atom is -0.309 e. The molecule has 3 aromatic heterocycles. The fourth-order valence-electron chi connectivity index (χ4n) is 8.40. The molecule has 0 unspecified atom stereocenters. The molecule has 7 aromatic carbocycles. The molecule has 0 atom stereocenters. The van der Waals surface area contributed by atoms with Gasteiger partial charge >= 0.3 is 0 Å². The van der Waals surface area contributed by atoms with Gasteiger partial charge in [0, 0.05) is 58.7 Å². The molecule has 0 N–H and O–H groups in total. The number of benzene rings is 7. The largest absolute Gasteiger partial charge is 0.309 e. The van der Waals surface area contributed by atoms with E-state index in [1.54, 1.807) is 0 Å². The van der Waals surface area contributed by atoms with Gasteiger partial charge in [-0.2, -0.15) is 0 Å². The van der Waals surface area contributed by atoms with E-state index in [1.807, 2.05) is 72.0 Å². The Kier molecular flexibility index (Phi) is 6.43. The van der Waals surface area contributed by atoms with E-state index in [9.17, 15) is 0 Å². The van der Waals surface area contributed by atoms with Gasteiger partial charge < -0.3 is 4.57 Å². The van der Waals surface area contributed by atoms with Crippen LogP contribution >= 0.6 is 11.3 Å². The summed E-state index contributed by atoms with van der Waals surface area (Å²) in [4.78, 5) is 14.9. The molecule has 5 heteroatoms. The van der Waals surface area contributed by atoms with Crippen LogP contribution in [0.25, 0.3) is 93.0 Å². The minimum atomic E-state index is -0.104. The molecule has 0 saturated heterocycles. The van der Waals surface area contributed by atoms with Crippen LogP contribution in [0.4, 0.5) is 0 Å². The Hall–Kier alpha value is -6.43. The molecule has 250 valence electrons. The molecule has 53 heavy (non-hydrogen) atoms. The summed E-state index contributed by atoms with van der Waals surface area (Å²) in [6, 6.07) is 56.4. The lowest BCUT2D eigenvalue weighted by atomic mass is 9.82. The van der Waals surface area contributed by atoms with E-state index in [-0.39, 0.29) is 5.41 Å². The Morgan fingerprint density at radius 3 is 1.70 bits per heavy atom. The number of hydrogen-bond donors (Lipinski definition) is 0. The van der Waals surface area contributed by atoms with Gasteiger partial charge in [0.15, 0.2) is 17.5 Å². The molecule has 0 saturated carbocycles. The lowest BCUT2D eigenvalue weighted by molar-refractivity contribution is 0.661. The Morgan fingerprint density at radius 2 is 1.00 bits per heavy atom. The summed E-state index contributed by atoms with van der Waals surface area (Å²) in [6.45, 7) is 4.71. The fourth-order valence-corrected chi connectivity index (χ4v) is 9.53. The lowest BCUT2D eigenvalue weighted by Gasteiger charge is -2.21. The zero-order valence-electron chi connectivity index (χ0n) is 29.2. The van der Waals surface area contributed by atoms with Crippen LogP contribution in [0.15, 0.2) is 158 Å². The maximum absolute atomic E-state index is 5.00. The first-order valence-electron chi connectivity index (χ1n) is 18.0. The maximum atomic E-state index is 5.00. The van der Waals surface area contributed by atoms with E-state index in [1.165, 1.54) is 64.2 Å². The smallest absolute Gasteiger partial charge is 0.164 e. The van der Waals surface area contributed by atoms with E-state index in [4.69, 9.17) is 15.0 Å². The highest BCUT2D eigenvalue weighted by molar-refractivity contribution is 7.25. The number of rotatable bonds is 4. The quantitative estimate of drug-likeness (QED) is 0.184. The molecule has 11 rings (SSSR count). The first-order chi connectivity index (χ1) is 26.0. The lowest BCUT2D eigenvalue weighted by Crippen LogP contribution is -2.14. The van der Waals surface area contributed by atoms with E-state index in [2.05, 4.69) is 115 Å². The first-order valence-corrected chi connectivity index (χ1v) is 18.8. The standard InChI is InChI=1S/C48H32N4S/c1-48(2)39-19-11-9-17-33(39)35-25-36-37-27-44-38(34-18-10-12-20-43(34)53-44)26-41(37)52(42(36)28-40(35)48)32-23-21-31(22-24-32)47-50-45(29-13-5-3-6-14-29)49-46(51-47)30-15-7-4-8-16-30/h3-28H,1-2H3. The Labute approximate surface area is 310 Å². The second-order valence-corrected chi connectivity index (χ2v) is 15.6. The predicted molar refractivity (Wildman–Crippen MR) is 221 cm³/mol. The van der Waals surface area contributed by atoms with Crippen molar-refractivity contribution < 1.29 is 0 Å². The molecule has 0 spiro atoms. The number of fused-ring (bicyclic) bond motifs is 9. The van der Waals surface area contributed by atoms with Gasteiger partial charge in [-0.15, -0.1) is 11.3 Å². The van der Waals surface area contributed by atoms with E-state index in [0.29, 0.717) is 17.5 Å². The molecule has 10 aromatic rings. The predicted octanol–water partition coefficient (Wildman–Crippen LogP) is 12.6. The second kappa shape index (κ2) is 11.3. The van der Waals surface area contributed by atoms with Crippen LogP contribution in [0.1, 0.15) is 25.0 Å². The minimum absolute atomic E-state index is 0.104. The molecular formula is C48H32N4S. The average Bonchev–Trinajstić information content (AvgIpc) is 3.81. The molecule has 0 amide bonds. The van der Waals surface area contributed by atoms with Crippen LogP contribution in [0, 0.1) is 0 Å². The first kappa shape index (κ1) is 30.2. The Bertz CT molecular complexity index is 3010. The van der Waals surface area contributed by atoms with E-state index >= 15 is 0 Å². The highest BCUT2D eigenvalue weighted by Gasteiger charge is 2.36. The van der Waals surface area contributed by atoms with Crippen LogP contribution in [-0.4, -0.2) is 19.5 Å². The molecule has 0 radical (unpaired) electrons. The van der Waals surface area contributed by atoms with Gasteiger partial charge in [-0.3, -0.25) is 0 Å². The van der Waals surface area contributed by atoms with Gasteiger partial charge in [-0.1, -0.05) is 117 Å². The van der Waals surface area contributed by atoms with Crippen molar-refractivity contribution in [2.24, 2.45) is 0 Å². The summed E-state index contributed by atoms with van der Waals surface area (Å²) in [5, 5.41) is 5.14. The van der Waals surface area contributed by atoms with E-state index < -0.39 is 0 Å². The fraction of sp³-hybridized carbons (Fsp3) is 0.0625. The van der Waals surface area contributed by atoms with Gasteiger partial charge in [-0.25, -0.2) is 15.0 Å². The normalized spacial score (nSPS) is 13.2. The van der Waals surface area contributed by atoms with Gasteiger partial charge in [0.1, 0.15) is 0 Å². The van der Waals surface area contributed by atoms with Gasteiger partial charge in [-0.05, 0) is 76.9 Å². The summed E-state index contributed by atoms with van der Waals surface area (Å²) in [5.74, 6) is 1.96. The van der Waals surface area contributed by atoms with Crippen LogP contribution in [0.2, 0.25) is 0 Å². The highest BCUT2D eigenvalue weighted by Crippen LogP contribution is 2.51. The van der Waals surface area contributed by atoms with Crippen molar-refractivity contribution >= 4 is 53.3 Å². The topological polar surface area (TPSA) is 43.6 Å². The zero-order valence-corrected chi connectivity index (χ0v) is 30.0. The third kappa shape index (κ3) is 4.57. The van der Waals surface area contributed by atoms with Crippen LogP contribution in [0.5, 0.6) is 0 Å². The molecule has 3 heterocycles. The molecule has 1 aliphatic rings. The molecule has 0 fully saturated rings. The molecule has 0 aliphatic heterocycles. The Balaban J connectivity index is 1.13. The van der Waals surface area contributed by atoms with Gasteiger partial charge in [0.05, 0.1) is 11.0 Å². The molecule has 4 nitrogen and oxygen atoms in total. The summed E-state index contributed by atoms with van der Waals surface area (Å²) in [6.07, 6.45) is 0. The van der Waals surface area contributed by atoms with Crippen molar-refractivity contribution in [2.75, 3.05) is 0 Å². The number of aromatic nitrogens is 4. The van der Waals surface area contributed by atoms with Crippen molar-refractivity contribution in [1.82, 2.24) is 19.5 Å². The number of hydrogen-bond acceptors (Lipinski definition) is 4. The van der Waals surface area contributed by atoms with Crippen molar-refractivity contribution in [3.63, 3.8) is 0 Å². The third-order valence-electron chi connectivity index (χ3n) is 11.0. The molecular weight excluding hydrogens is 665 g/mol. The SMILES string of the molecule is CC1(C)c2ccccc2-c2cc3c4cc5sc6ccccc6c5cc4n(-c4ccc(-c5nc(-c6ccccc6)nc(-c6ccccc6)n5)cc4)c3cc21. The monoisotopic (exact) mass is 696 g/mol. The third-order valence-corrected chi connectivity index (χ3v) is 12.2. The zero-order chi connectivity index (χ0) is 35.3. The van der Waals surface area contributed by atoms with Gasteiger partial charge in [0.2, 0.25) is 0 Å². The number of nitrogens with zero attached hydrogens (tertiary/aromatic N) is 4. The second-order valence-electron chi connectivity index (χ2n) is 14.5. The van der Waals surface area contributed by atoms with Crippen LogP contribution in [-0.2, 0) is 5.41 Å². The number of thiophene rings is 1. The van der Waals surface area contributed by atoms with Crippen LogP contribution in [0.3, 0.4) is 0 Å². The maximum Gasteiger partial charge on any atom is 0.164 e. The van der Waals surface area contributed by atoms with Crippen molar-refractivity contribution in [2.45, 2.75) is 19.3 Å². The molecule has 1 aliphatic carbocycles. The summed E-state index contributed by atoms with van der Waals surface area (Å²) >= 11 is 1.87. The van der Waals surface area contributed by atoms with Crippen LogP contribution < -0.4 is 0 Å². The highest BCUT2D eigenvalue weighted by atomic mass is 32.1. The van der Waals surface area contributed by atoms with Crippen molar-refractivity contribution in [3.05, 3.63) is 169 Å². The van der Waals surface area contributed by atoms with Crippen molar-refractivity contribution in [3.8, 4) is 51.0 Å². The van der Waals surface area contributed by atoms with Gasteiger partial charge in [0.25, 0.3) is 0 Å². The van der Waals surface area contributed by atoms with Crippen molar-refractivity contribution in [1.29, 1.82) is 0 Å². The summed E-state index contributed by atoms with van der Waals surface area (Å²) in [7, 11) is 0. The summed E-state index contributed by atoms with van der Waals surface area (Å²) < 4.78 is 5.08. The summed E-state index contributed by atoms with van der Waals surface area (Å²) in [5.41, 5.74) is 11.7. The average molecular weight is 697 g/mol. The molecule has 0 bridgehead atoms. The van der Waals surface area contributed by atoms with E-state index in [0.717, 1.165) is 22.4 Å².